The summed E-state index contributed by atoms with van der Waals surface area (Å²) in [6.07, 6.45) is 3.40. The molecule has 27 heavy (non-hydrogen) atoms. The molecule has 0 bridgehead atoms. The van der Waals surface area contributed by atoms with E-state index in [9.17, 15) is 4.79 Å². The van der Waals surface area contributed by atoms with Gasteiger partial charge in [-0.1, -0.05) is 12.1 Å². The monoisotopic (exact) mass is 367 g/mol. The van der Waals surface area contributed by atoms with E-state index in [-0.39, 0.29) is 18.6 Å². The van der Waals surface area contributed by atoms with Crippen LogP contribution in [-0.4, -0.2) is 56.9 Å². The molecule has 0 N–H and O–H groups in total. The minimum absolute atomic E-state index is 0.0623. The van der Waals surface area contributed by atoms with Crippen molar-refractivity contribution >= 4 is 16.9 Å². The van der Waals surface area contributed by atoms with Crippen LogP contribution >= 0.6 is 0 Å². The van der Waals surface area contributed by atoms with Gasteiger partial charge in [0.15, 0.2) is 0 Å². The van der Waals surface area contributed by atoms with Crippen LogP contribution in [0.4, 0.5) is 0 Å². The average molecular weight is 367 g/mol. The average Bonchev–Trinajstić information content (AvgIpc) is 3.12. The van der Waals surface area contributed by atoms with Crippen molar-refractivity contribution in [1.29, 1.82) is 0 Å². The summed E-state index contributed by atoms with van der Waals surface area (Å²) in [5, 5.41) is 7.90. The first kappa shape index (κ1) is 17.3. The largest absolute Gasteiger partial charge is 0.480 e. The van der Waals surface area contributed by atoms with Crippen LogP contribution in [-0.2, 0) is 11.3 Å². The Kier molecular flexibility index (Phi) is 4.86. The molecule has 0 spiro atoms. The lowest BCUT2D eigenvalue weighted by Crippen LogP contribution is -2.45. The molecule has 2 aromatic heterocycles. The second-order valence-electron chi connectivity index (χ2n) is 6.50. The molecular formula is C19H21N5O3. The second kappa shape index (κ2) is 7.61. The molecule has 1 unspecified atom stereocenters. The van der Waals surface area contributed by atoms with E-state index in [1.165, 1.54) is 0 Å². The number of hydrogen-bond acceptors (Lipinski definition) is 6. The van der Waals surface area contributed by atoms with Crippen LogP contribution in [0.1, 0.15) is 12.8 Å². The van der Waals surface area contributed by atoms with Crippen LogP contribution in [0.15, 0.2) is 42.7 Å². The third-order valence-electron chi connectivity index (χ3n) is 4.68. The number of benzene rings is 1. The Morgan fingerprint density at radius 1 is 1.19 bits per heavy atom. The van der Waals surface area contributed by atoms with Gasteiger partial charge in [0.25, 0.3) is 0 Å². The van der Waals surface area contributed by atoms with E-state index < -0.39 is 0 Å². The standard InChI is InChI=1S/C19H21N5O3/c1-26-17-8-9-18(22-21-17)27-14-5-4-10-23(11-14)19(25)12-24-13-20-15-6-2-3-7-16(15)24/h2-3,6-9,13-14H,4-5,10-12H2,1H3. The number of piperidine rings is 1. The van der Waals surface area contributed by atoms with Crippen molar-refractivity contribution < 1.29 is 14.3 Å². The number of amides is 1. The molecule has 0 saturated carbocycles. The number of rotatable bonds is 5. The number of imidazole rings is 1. The second-order valence-corrected chi connectivity index (χ2v) is 6.50. The van der Waals surface area contributed by atoms with E-state index in [1.807, 2.05) is 33.7 Å². The van der Waals surface area contributed by atoms with Gasteiger partial charge in [-0.25, -0.2) is 4.98 Å². The van der Waals surface area contributed by atoms with E-state index in [0.717, 1.165) is 30.4 Å². The zero-order valence-electron chi connectivity index (χ0n) is 15.1. The van der Waals surface area contributed by atoms with Gasteiger partial charge in [-0.15, -0.1) is 10.2 Å². The van der Waals surface area contributed by atoms with E-state index >= 15 is 0 Å². The predicted octanol–water partition coefficient (Wildman–Crippen LogP) is 1.90. The summed E-state index contributed by atoms with van der Waals surface area (Å²) in [5.41, 5.74) is 1.85. The zero-order valence-corrected chi connectivity index (χ0v) is 15.1. The molecule has 1 aliphatic heterocycles. The molecule has 140 valence electrons. The highest BCUT2D eigenvalue weighted by molar-refractivity contribution is 5.80. The number of carbonyl (C=O) groups excluding carboxylic acids is 1. The fourth-order valence-electron chi connectivity index (χ4n) is 3.29. The molecule has 8 nitrogen and oxygen atoms in total. The molecule has 4 rings (SSSR count). The molecule has 8 heteroatoms. The Balaban J connectivity index is 1.39. The summed E-state index contributed by atoms with van der Waals surface area (Å²) in [6.45, 7) is 1.55. The Morgan fingerprint density at radius 2 is 2.00 bits per heavy atom. The fourth-order valence-corrected chi connectivity index (χ4v) is 3.29. The number of ether oxygens (including phenoxy) is 2. The Bertz CT molecular complexity index is 924. The Hall–Kier alpha value is -3.16. The number of methoxy groups -OCH3 is 1. The molecule has 3 heterocycles. The lowest BCUT2D eigenvalue weighted by molar-refractivity contribution is -0.134. The minimum Gasteiger partial charge on any atom is -0.480 e. The van der Waals surface area contributed by atoms with Gasteiger partial charge in [0.05, 0.1) is 31.0 Å². The van der Waals surface area contributed by atoms with Crippen molar-refractivity contribution in [2.45, 2.75) is 25.5 Å². The van der Waals surface area contributed by atoms with E-state index in [1.54, 1.807) is 25.6 Å². The Morgan fingerprint density at radius 3 is 2.81 bits per heavy atom. The summed E-state index contributed by atoms with van der Waals surface area (Å²) in [4.78, 5) is 19.0. The van der Waals surface area contributed by atoms with Gasteiger partial charge < -0.3 is 18.9 Å². The van der Waals surface area contributed by atoms with E-state index in [0.29, 0.717) is 18.3 Å². The van der Waals surface area contributed by atoms with Crippen LogP contribution in [0.5, 0.6) is 11.8 Å². The normalized spacial score (nSPS) is 17.1. The first-order chi connectivity index (χ1) is 13.2. The van der Waals surface area contributed by atoms with Gasteiger partial charge in [-0.05, 0) is 25.0 Å². The van der Waals surface area contributed by atoms with Crippen molar-refractivity contribution in [2.24, 2.45) is 0 Å². The zero-order chi connectivity index (χ0) is 18.6. The quantitative estimate of drug-likeness (QED) is 0.685. The van der Waals surface area contributed by atoms with Crippen LogP contribution in [0.3, 0.4) is 0 Å². The van der Waals surface area contributed by atoms with Crippen LogP contribution in [0, 0.1) is 0 Å². The van der Waals surface area contributed by atoms with Gasteiger partial charge in [0.1, 0.15) is 12.6 Å². The molecule has 1 fully saturated rings. The highest BCUT2D eigenvalue weighted by atomic mass is 16.5. The SMILES string of the molecule is COc1ccc(OC2CCCN(C(=O)Cn3cnc4ccccc43)C2)nn1. The molecular weight excluding hydrogens is 346 g/mol. The number of likely N-dealkylation sites (tertiary alicyclic amines) is 1. The summed E-state index contributed by atoms with van der Waals surface area (Å²) in [5.74, 6) is 0.943. The first-order valence-corrected chi connectivity index (χ1v) is 8.95. The molecule has 1 aromatic carbocycles. The summed E-state index contributed by atoms with van der Waals surface area (Å²) in [6, 6.07) is 11.2. The summed E-state index contributed by atoms with van der Waals surface area (Å²) < 4.78 is 12.8. The third kappa shape index (κ3) is 3.84. The van der Waals surface area contributed by atoms with Gasteiger partial charge >= 0.3 is 0 Å². The van der Waals surface area contributed by atoms with Crippen LogP contribution in [0.25, 0.3) is 11.0 Å². The molecule has 1 amide bonds. The number of carbonyl (C=O) groups is 1. The van der Waals surface area contributed by atoms with Crippen molar-refractivity contribution in [2.75, 3.05) is 20.2 Å². The fraction of sp³-hybridized carbons (Fsp3) is 0.368. The van der Waals surface area contributed by atoms with Crippen molar-refractivity contribution in [3.8, 4) is 11.8 Å². The molecule has 0 aliphatic carbocycles. The molecule has 1 saturated heterocycles. The van der Waals surface area contributed by atoms with E-state index in [2.05, 4.69) is 15.2 Å². The van der Waals surface area contributed by atoms with Crippen molar-refractivity contribution in [1.82, 2.24) is 24.6 Å². The summed E-state index contributed by atoms with van der Waals surface area (Å²) >= 11 is 0. The third-order valence-corrected chi connectivity index (χ3v) is 4.68. The van der Waals surface area contributed by atoms with Crippen LogP contribution in [0.2, 0.25) is 0 Å². The van der Waals surface area contributed by atoms with E-state index in [4.69, 9.17) is 9.47 Å². The predicted molar refractivity (Wildman–Crippen MR) is 98.5 cm³/mol. The smallest absolute Gasteiger partial charge is 0.242 e. The van der Waals surface area contributed by atoms with Gasteiger partial charge in [-0.3, -0.25) is 4.79 Å². The maximum Gasteiger partial charge on any atom is 0.242 e. The molecule has 1 atom stereocenters. The molecule has 1 aliphatic rings. The lowest BCUT2D eigenvalue weighted by atomic mass is 10.1. The maximum absolute atomic E-state index is 12.8. The number of hydrogen-bond donors (Lipinski definition) is 0. The Labute approximate surface area is 156 Å². The van der Waals surface area contributed by atoms with Gasteiger partial charge in [0, 0.05) is 18.7 Å². The maximum atomic E-state index is 12.8. The van der Waals surface area contributed by atoms with Crippen molar-refractivity contribution in [3.05, 3.63) is 42.7 Å². The number of fused-ring (bicyclic) bond motifs is 1. The van der Waals surface area contributed by atoms with Gasteiger partial charge in [-0.2, -0.15) is 0 Å². The number of para-hydroxylation sites is 2. The lowest BCUT2D eigenvalue weighted by Gasteiger charge is -2.32. The van der Waals surface area contributed by atoms with Gasteiger partial charge in [0.2, 0.25) is 17.7 Å². The number of aromatic nitrogens is 4. The van der Waals surface area contributed by atoms with Crippen LogP contribution < -0.4 is 9.47 Å². The minimum atomic E-state index is -0.0927. The molecule has 0 radical (unpaired) electrons. The topological polar surface area (TPSA) is 82.4 Å². The first-order valence-electron chi connectivity index (χ1n) is 8.95. The van der Waals surface area contributed by atoms with Crippen molar-refractivity contribution in [3.63, 3.8) is 0 Å². The summed E-state index contributed by atoms with van der Waals surface area (Å²) in [7, 11) is 1.54. The molecule has 3 aromatic rings. The highest BCUT2D eigenvalue weighted by Crippen LogP contribution is 2.19. The highest BCUT2D eigenvalue weighted by Gasteiger charge is 2.25. The number of nitrogens with zero attached hydrogens (tertiary/aromatic N) is 5.